The van der Waals surface area contributed by atoms with Gasteiger partial charge in [-0.25, -0.2) is 0 Å². The summed E-state index contributed by atoms with van der Waals surface area (Å²) in [6, 6.07) is 62.6. The molecule has 0 bridgehead atoms. The molecule has 0 radical (unpaired) electrons. The molecule has 0 amide bonds. The van der Waals surface area contributed by atoms with E-state index in [1.807, 2.05) is 0 Å². The van der Waals surface area contributed by atoms with Crippen LogP contribution in [0.15, 0.2) is 168 Å². The second-order valence-corrected chi connectivity index (χ2v) is 21.1. The molecule has 1 spiro atoms. The van der Waals surface area contributed by atoms with Gasteiger partial charge >= 0.3 is 6.85 Å². The standard InChI is InChI=1S/C53H33BN2OSi/c1-53(2)37-21-7-3-15-30(37)36-29-40-48-46(47(36)53)34-19-13-20-35-49(34)56(50-33-18-4-9-24-41(33)57-52(35)50)54(48)38-22-14-28-45-51(38)55(40)39-23-8-12-27-44(39)58(45)42-25-10-5-16-31(42)32-17-6-11-26-43(32)58/h3-29H,1-2H3. The molecular formula is C53H33BN2OSi. The van der Waals surface area contributed by atoms with Crippen LogP contribution in [0.5, 0.6) is 0 Å². The number of aromatic nitrogens is 1. The van der Waals surface area contributed by atoms with E-state index in [1.165, 1.54) is 115 Å². The molecule has 268 valence electrons. The molecule has 0 atom stereocenters. The van der Waals surface area contributed by atoms with Gasteiger partial charge in [-0.05, 0) is 101 Å². The molecule has 0 saturated heterocycles. The van der Waals surface area contributed by atoms with E-state index in [-0.39, 0.29) is 12.3 Å². The van der Waals surface area contributed by atoms with Gasteiger partial charge in [0.1, 0.15) is 5.58 Å². The molecule has 10 aromatic rings. The van der Waals surface area contributed by atoms with Gasteiger partial charge in [0, 0.05) is 44.3 Å². The molecule has 4 aliphatic heterocycles. The molecule has 58 heavy (non-hydrogen) atoms. The smallest absolute Gasteiger partial charge is 0.333 e. The summed E-state index contributed by atoms with van der Waals surface area (Å²) in [5.74, 6) is 0. The summed E-state index contributed by atoms with van der Waals surface area (Å²) in [7, 11) is -2.79. The largest absolute Gasteiger partial charge is 0.454 e. The number of fused-ring (bicyclic) bond motifs is 22. The van der Waals surface area contributed by atoms with Gasteiger partial charge in [-0.15, -0.1) is 0 Å². The molecule has 5 aliphatic rings. The monoisotopic (exact) mass is 752 g/mol. The molecule has 5 heteroatoms. The number of hydrogen-bond donors (Lipinski definition) is 0. The molecule has 0 unspecified atom stereocenters. The van der Waals surface area contributed by atoms with Crippen molar-refractivity contribution < 1.29 is 4.42 Å². The number of hydrogen-bond acceptors (Lipinski definition) is 2. The van der Waals surface area contributed by atoms with Crippen LogP contribution in [-0.2, 0) is 5.41 Å². The van der Waals surface area contributed by atoms with Crippen LogP contribution in [0.25, 0.3) is 66.4 Å². The molecule has 0 N–H and O–H groups in total. The maximum Gasteiger partial charge on any atom is 0.333 e. The Morgan fingerprint density at radius 1 is 0.534 bits per heavy atom. The highest BCUT2D eigenvalue weighted by Gasteiger charge is 2.57. The fourth-order valence-electron chi connectivity index (χ4n) is 12.8. The molecule has 0 fully saturated rings. The third-order valence-corrected chi connectivity index (χ3v) is 19.7. The lowest BCUT2D eigenvalue weighted by atomic mass is 9.44. The summed E-state index contributed by atoms with van der Waals surface area (Å²) in [5, 5.41) is 8.28. The molecule has 0 saturated carbocycles. The van der Waals surface area contributed by atoms with Crippen molar-refractivity contribution >= 4 is 96.6 Å². The predicted octanol–water partition coefficient (Wildman–Crippen LogP) is 8.94. The first-order valence-electron chi connectivity index (χ1n) is 20.6. The summed E-state index contributed by atoms with van der Waals surface area (Å²) in [6.07, 6.45) is 0. The van der Waals surface area contributed by atoms with Gasteiger partial charge < -0.3 is 13.8 Å². The van der Waals surface area contributed by atoms with Crippen molar-refractivity contribution in [2.45, 2.75) is 19.3 Å². The highest BCUT2D eigenvalue weighted by molar-refractivity contribution is 7.24. The zero-order chi connectivity index (χ0) is 37.8. The number of furan rings is 1. The van der Waals surface area contributed by atoms with E-state index in [9.17, 15) is 0 Å². The van der Waals surface area contributed by atoms with Crippen molar-refractivity contribution in [2.24, 2.45) is 0 Å². The topological polar surface area (TPSA) is 21.3 Å². The van der Waals surface area contributed by atoms with Crippen molar-refractivity contribution in [3.05, 3.63) is 175 Å². The van der Waals surface area contributed by atoms with Gasteiger partial charge in [-0.2, -0.15) is 0 Å². The summed E-state index contributed by atoms with van der Waals surface area (Å²) in [5.41, 5.74) is 21.9. The normalized spacial score (nSPS) is 16.0. The first-order valence-corrected chi connectivity index (χ1v) is 22.6. The Bertz CT molecular complexity index is 3540. The van der Waals surface area contributed by atoms with Crippen LogP contribution in [0.2, 0.25) is 0 Å². The number of rotatable bonds is 0. The minimum Gasteiger partial charge on any atom is -0.454 e. The van der Waals surface area contributed by atoms with Gasteiger partial charge in [0.05, 0.1) is 5.52 Å². The molecule has 6 heterocycles. The van der Waals surface area contributed by atoms with Crippen LogP contribution >= 0.6 is 0 Å². The molecular weight excluding hydrogens is 719 g/mol. The van der Waals surface area contributed by atoms with E-state index >= 15 is 0 Å². The van der Waals surface area contributed by atoms with Gasteiger partial charge in [-0.3, -0.25) is 0 Å². The van der Waals surface area contributed by atoms with Gasteiger partial charge in [0.2, 0.25) is 0 Å². The van der Waals surface area contributed by atoms with Gasteiger partial charge in [0.15, 0.2) is 13.7 Å². The summed E-state index contributed by atoms with van der Waals surface area (Å²) < 4.78 is 9.59. The van der Waals surface area contributed by atoms with Crippen molar-refractivity contribution in [2.75, 3.05) is 4.90 Å². The van der Waals surface area contributed by atoms with Crippen LogP contribution in [0.1, 0.15) is 25.0 Å². The van der Waals surface area contributed by atoms with Crippen LogP contribution in [0, 0.1) is 0 Å². The van der Waals surface area contributed by atoms with E-state index in [1.54, 1.807) is 0 Å². The second-order valence-electron chi connectivity index (χ2n) is 17.5. The lowest BCUT2D eigenvalue weighted by Crippen LogP contribution is -2.77. The number of anilines is 3. The molecule has 1 aliphatic carbocycles. The Hall–Kier alpha value is -6.82. The minimum atomic E-state index is -2.79. The van der Waals surface area contributed by atoms with E-state index in [4.69, 9.17) is 4.42 Å². The maximum absolute atomic E-state index is 6.90. The van der Waals surface area contributed by atoms with Crippen molar-refractivity contribution in [1.29, 1.82) is 0 Å². The van der Waals surface area contributed by atoms with Gasteiger partial charge in [0.25, 0.3) is 0 Å². The average Bonchev–Trinajstić information content (AvgIpc) is 3.96. The van der Waals surface area contributed by atoms with Crippen LogP contribution in [-0.4, -0.2) is 19.4 Å². The highest BCUT2D eigenvalue weighted by Crippen LogP contribution is 2.57. The van der Waals surface area contributed by atoms with Crippen LogP contribution in [0.4, 0.5) is 17.1 Å². The molecule has 8 aromatic carbocycles. The lowest BCUT2D eigenvalue weighted by Gasteiger charge is -2.49. The predicted molar refractivity (Wildman–Crippen MR) is 243 cm³/mol. The van der Waals surface area contributed by atoms with Crippen molar-refractivity contribution in [3.63, 3.8) is 0 Å². The minimum absolute atomic E-state index is 0.0693. The van der Waals surface area contributed by atoms with Crippen molar-refractivity contribution in [1.82, 2.24) is 4.48 Å². The summed E-state index contributed by atoms with van der Waals surface area (Å²) in [4.78, 5) is 2.70. The van der Waals surface area contributed by atoms with Crippen LogP contribution in [0.3, 0.4) is 0 Å². The first-order chi connectivity index (χ1) is 28.6. The number of benzene rings is 8. The van der Waals surface area contributed by atoms with Crippen molar-refractivity contribution in [3.8, 4) is 33.4 Å². The summed E-state index contributed by atoms with van der Waals surface area (Å²) >= 11 is 0. The van der Waals surface area contributed by atoms with Gasteiger partial charge in [-0.1, -0.05) is 147 Å². The fraction of sp³-hybridized carbons (Fsp3) is 0.0566. The zero-order valence-electron chi connectivity index (χ0n) is 32.0. The maximum atomic E-state index is 6.90. The lowest BCUT2D eigenvalue weighted by molar-refractivity contribution is 0.662. The third-order valence-electron chi connectivity index (χ3n) is 14.7. The van der Waals surface area contributed by atoms with Crippen LogP contribution < -0.4 is 36.6 Å². The van der Waals surface area contributed by atoms with E-state index < -0.39 is 8.07 Å². The first kappa shape index (κ1) is 30.3. The quantitative estimate of drug-likeness (QED) is 0.144. The Morgan fingerprint density at radius 3 is 2.00 bits per heavy atom. The van der Waals surface area contributed by atoms with E-state index in [0.29, 0.717) is 0 Å². The summed E-state index contributed by atoms with van der Waals surface area (Å²) in [6.45, 7) is 4.82. The Morgan fingerprint density at radius 2 is 1.17 bits per heavy atom. The SMILES string of the molecule is CC1(C)c2ccccc2-c2cc3c4c(c21)-c1cccc2c5oc6ccccc6c5n(c12)B4c1cccc2c1N3c1ccccc1[Si]21c2ccccc2-c2ccccc21. The third kappa shape index (κ3) is 3.09. The second kappa shape index (κ2) is 9.82. The van der Waals surface area contributed by atoms with E-state index in [0.717, 1.165) is 11.2 Å². The zero-order valence-corrected chi connectivity index (χ0v) is 33.0. The highest BCUT2D eigenvalue weighted by atomic mass is 28.3. The Balaban J connectivity index is 1.18. The molecule has 15 rings (SSSR count). The Kier molecular flexibility index (Phi) is 5.14. The van der Waals surface area contributed by atoms with E-state index in [2.05, 4.69) is 187 Å². The molecule has 2 aromatic heterocycles. The fourth-order valence-corrected chi connectivity index (χ4v) is 18.3. The number of nitrogens with zero attached hydrogens (tertiary/aromatic N) is 2. The molecule has 3 nitrogen and oxygen atoms in total. The average molecular weight is 753 g/mol. The number of para-hydroxylation sites is 4. The Labute approximate surface area is 336 Å².